The quantitative estimate of drug-likeness (QED) is 0.560. The van der Waals surface area contributed by atoms with Crippen LogP contribution in [0, 0.1) is 0 Å². The highest BCUT2D eigenvalue weighted by Crippen LogP contribution is 1.66. The van der Waals surface area contributed by atoms with Gasteiger partial charge in [0.15, 0.2) is 10.2 Å². The van der Waals surface area contributed by atoms with Crippen LogP contribution in [0.1, 0.15) is 13.8 Å². The Morgan fingerprint density at radius 3 is 1.00 bits per heavy atom. The van der Waals surface area contributed by atoms with Crippen molar-refractivity contribution < 1.29 is 9.59 Å². The molecule has 0 aliphatic heterocycles. The molecule has 0 bridgehead atoms. The molecular weight excluding hydrogens is 176 g/mol. The molecule has 0 rings (SSSR count). The maximum Gasteiger partial charge on any atom is 0.182 e. The third kappa shape index (κ3) is 2250. The SMILES string of the molecule is CC(=O)S.CC(=O)S.[S]. The summed E-state index contributed by atoms with van der Waals surface area (Å²) in [6.07, 6.45) is 0. The Morgan fingerprint density at radius 1 is 1.00 bits per heavy atom. The van der Waals surface area contributed by atoms with Crippen molar-refractivity contribution in [3.8, 4) is 0 Å². The number of carbonyl (C=O) groups excluding carboxylic acids is 2. The molecule has 0 aromatic heterocycles. The van der Waals surface area contributed by atoms with E-state index in [1.54, 1.807) is 0 Å². The number of rotatable bonds is 0. The van der Waals surface area contributed by atoms with Gasteiger partial charge in [-0.1, -0.05) is 0 Å². The summed E-state index contributed by atoms with van der Waals surface area (Å²) in [5.41, 5.74) is 0. The summed E-state index contributed by atoms with van der Waals surface area (Å²) in [5.74, 6) is 0. The summed E-state index contributed by atoms with van der Waals surface area (Å²) in [4.78, 5) is 18.6. The summed E-state index contributed by atoms with van der Waals surface area (Å²) >= 11 is 6.65. The average molecular weight is 184 g/mol. The molecule has 0 saturated carbocycles. The second-order valence-corrected chi connectivity index (χ2v) is 2.30. The molecule has 0 atom stereocenters. The second-order valence-electron chi connectivity index (χ2n) is 1.04. The van der Waals surface area contributed by atoms with Crippen LogP contribution in [0.2, 0.25) is 0 Å². The van der Waals surface area contributed by atoms with E-state index in [1.807, 2.05) is 0 Å². The Hall–Kier alpha value is 0.390. The zero-order valence-electron chi connectivity index (χ0n) is 5.12. The van der Waals surface area contributed by atoms with Gasteiger partial charge in [-0.25, -0.2) is 0 Å². The summed E-state index contributed by atoms with van der Waals surface area (Å²) in [6.45, 7) is 2.78. The average Bonchev–Trinajstić information content (AvgIpc) is 1.25. The molecule has 0 aromatic rings. The molecule has 9 heavy (non-hydrogen) atoms. The van der Waals surface area contributed by atoms with Gasteiger partial charge in [-0.3, -0.25) is 9.59 Å². The lowest BCUT2D eigenvalue weighted by Crippen LogP contribution is -1.62. The zero-order valence-corrected chi connectivity index (χ0v) is 7.72. The van der Waals surface area contributed by atoms with Crippen LogP contribution in [0.3, 0.4) is 0 Å². The highest BCUT2D eigenvalue weighted by atomic mass is 32.1. The molecule has 2 nitrogen and oxygen atoms in total. The van der Waals surface area contributed by atoms with Gasteiger partial charge in [-0.2, -0.15) is 0 Å². The van der Waals surface area contributed by atoms with Crippen molar-refractivity contribution in [2.24, 2.45) is 0 Å². The van der Waals surface area contributed by atoms with E-state index in [9.17, 15) is 9.59 Å². The topological polar surface area (TPSA) is 34.1 Å². The molecule has 0 N–H and O–H groups in total. The minimum atomic E-state index is -0.139. The van der Waals surface area contributed by atoms with Gasteiger partial charge in [0.25, 0.3) is 0 Å². The van der Waals surface area contributed by atoms with Gasteiger partial charge in [-0.15, -0.1) is 25.3 Å². The number of hydrogen-bond donors (Lipinski definition) is 2. The summed E-state index contributed by atoms with van der Waals surface area (Å²) in [7, 11) is 0. The first-order valence-electron chi connectivity index (χ1n) is 1.86. The van der Waals surface area contributed by atoms with E-state index < -0.39 is 0 Å². The molecule has 2 radical (unpaired) electrons. The van der Waals surface area contributed by atoms with Gasteiger partial charge in [-0.05, 0) is 0 Å². The van der Waals surface area contributed by atoms with E-state index in [4.69, 9.17) is 0 Å². The van der Waals surface area contributed by atoms with Crippen LogP contribution in [-0.4, -0.2) is 10.2 Å². The normalized spacial score (nSPS) is 5.78. The highest BCUT2D eigenvalue weighted by Gasteiger charge is 1.64. The third-order valence-corrected chi connectivity index (χ3v) is 0. The smallest absolute Gasteiger partial charge is 0.182 e. The lowest BCUT2D eigenvalue weighted by molar-refractivity contribution is -0.109. The van der Waals surface area contributed by atoms with Crippen molar-refractivity contribution in [2.45, 2.75) is 13.8 Å². The van der Waals surface area contributed by atoms with Crippen molar-refractivity contribution in [1.82, 2.24) is 0 Å². The third-order valence-electron chi connectivity index (χ3n) is 0. The van der Waals surface area contributed by atoms with Crippen molar-refractivity contribution in [3.05, 3.63) is 0 Å². The van der Waals surface area contributed by atoms with Crippen LogP contribution in [-0.2, 0) is 9.59 Å². The van der Waals surface area contributed by atoms with Gasteiger partial charge in [0.1, 0.15) is 0 Å². The van der Waals surface area contributed by atoms with E-state index in [2.05, 4.69) is 25.3 Å². The second kappa shape index (κ2) is 11.2. The fourth-order valence-corrected chi connectivity index (χ4v) is 0. The molecule has 54 valence electrons. The monoisotopic (exact) mass is 184 g/mol. The minimum absolute atomic E-state index is 0. The van der Waals surface area contributed by atoms with Crippen molar-refractivity contribution >= 4 is 49.0 Å². The summed E-state index contributed by atoms with van der Waals surface area (Å²) in [6, 6.07) is 0. The van der Waals surface area contributed by atoms with Gasteiger partial charge in [0.2, 0.25) is 0 Å². The van der Waals surface area contributed by atoms with Crippen LogP contribution in [0.15, 0.2) is 0 Å². The molecule has 0 heterocycles. The first-order valence-corrected chi connectivity index (χ1v) is 2.75. The molecular formula is C4H8O2S3. The van der Waals surface area contributed by atoms with Crippen molar-refractivity contribution in [2.75, 3.05) is 0 Å². The molecule has 0 unspecified atom stereocenters. The zero-order chi connectivity index (χ0) is 7.15. The molecule has 5 heteroatoms. The van der Waals surface area contributed by atoms with Crippen LogP contribution in [0.4, 0.5) is 0 Å². The number of hydrogen-bond acceptors (Lipinski definition) is 2. The molecule has 0 spiro atoms. The molecule has 0 fully saturated rings. The summed E-state index contributed by atoms with van der Waals surface area (Å²) < 4.78 is 0. The maximum absolute atomic E-state index is 9.31. The van der Waals surface area contributed by atoms with E-state index in [0.717, 1.165) is 0 Å². The Kier molecular flexibility index (Phi) is 20.2. The lowest BCUT2D eigenvalue weighted by Gasteiger charge is -1.55. The number of carbonyl (C=O) groups is 2. The number of thiol groups is 2. The predicted octanol–water partition coefficient (Wildman–Crippen LogP) is 1.57. The van der Waals surface area contributed by atoms with E-state index in [1.165, 1.54) is 13.8 Å². The molecule has 0 saturated heterocycles. The molecule has 0 aliphatic rings. The van der Waals surface area contributed by atoms with E-state index in [0.29, 0.717) is 0 Å². The van der Waals surface area contributed by atoms with Crippen LogP contribution < -0.4 is 0 Å². The molecule has 0 amide bonds. The first-order chi connectivity index (χ1) is 3.46. The van der Waals surface area contributed by atoms with E-state index in [-0.39, 0.29) is 23.7 Å². The van der Waals surface area contributed by atoms with Crippen LogP contribution >= 0.6 is 38.8 Å². The highest BCUT2D eigenvalue weighted by molar-refractivity contribution is 7.96. The molecule has 0 aliphatic carbocycles. The lowest BCUT2D eigenvalue weighted by atomic mass is 10.9. The Balaban J connectivity index is -0.0000000720. The van der Waals surface area contributed by atoms with Crippen molar-refractivity contribution in [3.63, 3.8) is 0 Å². The fraction of sp³-hybridized carbons (Fsp3) is 0.500. The fourth-order valence-electron chi connectivity index (χ4n) is 0. The Labute approximate surface area is 72.7 Å². The van der Waals surface area contributed by atoms with Gasteiger partial charge < -0.3 is 0 Å². The van der Waals surface area contributed by atoms with Gasteiger partial charge in [0, 0.05) is 27.3 Å². The van der Waals surface area contributed by atoms with Gasteiger partial charge in [0.05, 0.1) is 0 Å². The predicted molar refractivity (Wildman–Crippen MR) is 46.9 cm³/mol. The standard InChI is InChI=1S/2C2H4OS.S/c2*1-2(3)4;/h2*1H3,(H,3,4);. The maximum atomic E-state index is 9.31. The Bertz CT molecular complexity index is 71.8. The van der Waals surface area contributed by atoms with Gasteiger partial charge >= 0.3 is 0 Å². The first kappa shape index (κ1) is 16.2. The van der Waals surface area contributed by atoms with Crippen molar-refractivity contribution in [1.29, 1.82) is 0 Å². The Morgan fingerprint density at radius 2 is 1.00 bits per heavy atom. The molecule has 0 aromatic carbocycles. The van der Waals surface area contributed by atoms with Crippen LogP contribution in [0.25, 0.3) is 0 Å². The minimum Gasteiger partial charge on any atom is -0.288 e. The van der Waals surface area contributed by atoms with Crippen LogP contribution in [0.5, 0.6) is 0 Å². The summed E-state index contributed by atoms with van der Waals surface area (Å²) in [5, 5.41) is -0.278. The van der Waals surface area contributed by atoms with E-state index >= 15 is 0 Å². The largest absolute Gasteiger partial charge is 0.288 e.